The van der Waals surface area contributed by atoms with Crippen molar-refractivity contribution in [3.05, 3.63) is 30.1 Å². The van der Waals surface area contributed by atoms with Gasteiger partial charge in [-0.2, -0.15) is 0 Å². The molecule has 0 spiro atoms. The van der Waals surface area contributed by atoms with Crippen molar-refractivity contribution in [2.75, 3.05) is 0 Å². The fraction of sp³-hybridized carbons (Fsp3) is 0.438. The van der Waals surface area contributed by atoms with Gasteiger partial charge in [-0.15, -0.1) is 10.2 Å². The molecule has 0 unspecified atom stereocenters. The molecule has 1 aromatic carbocycles. The molecule has 7 nitrogen and oxygen atoms in total. The Balaban J connectivity index is 1.83. The number of amides is 1. The number of aromatic nitrogens is 3. The molecule has 0 bridgehead atoms. The molecular weight excluding hydrogens is 296 g/mol. The van der Waals surface area contributed by atoms with Crippen molar-refractivity contribution < 1.29 is 14.7 Å². The summed E-state index contributed by atoms with van der Waals surface area (Å²) in [6, 6.07) is 7.16. The number of carbonyl (C=O) groups excluding carboxylic acids is 1. The van der Waals surface area contributed by atoms with Gasteiger partial charge in [-0.3, -0.25) is 9.59 Å². The van der Waals surface area contributed by atoms with E-state index < -0.39 is 17.4 Å². The van der Waals surface area contributed by atoms with E-state index in [0.29, 0.717) is 23.9 Å². The van der Waals surface area contributed by atoms with Crippen molar-refractivity contribution in [2.45, 2.75) is 44.1 Å². The maximum Gasteiger partial charge on any atom is 0.305 e. The second-order valence-electron chi connectivity index (χ2n) is 5.99. The first kappa shape index (κ1) is 15.3. The van der Waals surface area contributed by atoms with Crippen LogP contribution >= 0.6 is 0 Å². The molecule has 0 atom stereocenters. The summed E-state index contributed by atoms with van der Waals surface area (Å²) >= 11 is 0. The summed E-state index contributed by atoms with van der Waals surface area (Å²) < 4.78 is 0. The number of nitrogens with zero attached hydrogens (tertiary/aromatic N) is 3. The van der Waals surface area contributed by atoms with Gasteiger partial charge in [-0.05, 0) is 25.0 Å². The zero-order valence-corrected chi connectivity index (χ0v) is 12.7. The van der Waals surface area contributed by atoms with E-state index in [0.717, 1.165) is 19.3 Å². The number of para-hydroxylation sites is 1. The van der Waals surface area contributed by atoms with Gasteiger partial charge in [0.15, 0.2) is 0 Å². The summed E-state index contributed by atoms with van der Waals surface area (Å²) in [5.41, 5.74) is 0.487. The SMILES string of the molecule is O=C(O)CC1(NC(=O)c2nnc3ccccc3n2)CCCCC1. The molecule has 1 aliphatic carbocycles. The Kier molecular flexibility index (Phi) is 4.18. The molecule has 1 aliphatic rings. The fourth-order valence-electron chi connectivity index (χ4n) is 3.14. The highest BCUT2D eigenvalue weighted by molar-refractivity contribution is 5.92. The summed E-state index contributed by atoms with van der Waals surface area (Å²) in [5.74, 6) is -1.41. The van der Waals surface area contributed by atoms with Crippen molar-refractivity contribution >= 4 is 22.9 Å². The molecule has 1 amide bonds. The Morgan fingerprint density at radius 2 is 1.78 bits per heavy atom. The summed E-state index contributed by atoms with van der Waals surface area (Å²) in [5, 5.41) is 19.9. The Hall–Kier alpha value is -2.57. The zero-order valence-electron chi connectivity index (χ0n) is 12.7. The van der Waals surface area contributed by atoms with E-state index in [1.165, 1.54) is 0 Å². The molecule has 0 radical (unpaired) electrons. The summed E-state index contributed by atoms with van der Waals surface area (Å²) in [6.07, 6.45) is 4.11. The predicted molar refractivity (Wildman–Crippen MR) is 82.9 cm³/mol. The average molecular weight is 314 g/mol. The minimum absolute atomic E-state index is 0.0287. The van der Waals surface area contributed by atoms with E-state index in [2.05, 4.69) is 20.5 Å². The van der Waals surface area contributed by atoms with E-state index in [9.17, 15) is 9.59 Å². The Bertz CT molecular complexity index is 741. The molecule has 1 heterocycles. The van der Waals surface area contributed by atoms with Gasteiger partial charge in [0.1, 0.15) is 5.52 Å². The van der Waals surface area contributed by atoms with Crippen molar-refractivity contribution in [2.24, 2.45) is 0 Å². The Morgan fingerprint density at radius 1 is 1.09 bits per heavy atom. The van der Waals surface area contributed by atoms with Crippen LogP contribution in [0.15, 0.2) is 24.3 Å². The topological polar surface area (TPSA) is 105 Å². The number of fused-ring (bicyclic) bond motifs is 1. The predicted octanol–water partition coefficient (Wildman–Crippen LogP) is 1.93. The summed E-state index contributed by atoms with van der Waals surface area (Å²) in [4.78, 5) is 27.9. The highest BCUT2D eigenvalue weighted by Gasteiger charge is 2.36. The maximum atomic E-state index is 12.5. The fourth-order valence-corrected chi connectivity index (χ4v) is 3.14. The first-order valence-electron chi connectivity index (χ1n) is 7.72. The standard InChI is InChI=1S/C16H18N4O3/c21-13(22)10-16(8-4-1-5-9-16)18-15(23)14-17-11-6-2-3-7-12(11)19-20-14/h2-3,6-7H,1,4-5,8-10H2,(H,18,23)(H,21,22). The maximum absolute atomic E-state index is 12.5. The van der Waals surface area contributed by atoms with Gasteiger partial charge in [-0.25, -0.2) is 4.98 Å². The molecule has 3 rings (SSSR count). The van der Waals surface area contributed by atoms with Gasteiger partial charge in [0, 0.05) is 0 Å². The zero-order chi connectivity index (χ0) is 16.3. The molecule has 23 heavy (non-hydrogen) atoms. The molecule has 7 heteroatoms. The first-order chi connectivity index (χ1) is 11.1. The molecule has 1 fully saturated rings. The molecule has 1 saturated carbocycles. The molecule has 0 saturated heterocycles. The number of aliphatic carboxylic acids is 1. The third-order valence-corrected chi connectivity index (χ3v) is 4.24. The van der Waals surface area contributed by atoms with E-state index in [4.69, 9.17) is 5.11 Å². The lowest BCUT2D eigenvalue weighted by atomic mass is 9.79. The summed E-state index contributed by atoms with van der Waals surface area (Å²) in [7, 11) is 0. The van der Waals surface area contributed by atoms with Crippen molar-refractivity contribution in [1.82, 2.24) is 20.5 Å². The lowest BCUT2D eigenvalue weighted by Gasteiger charge is -2.36. The molecule has 120 valence electrons. The molecule has 2 N–H and O–H groups in total. The van der Waals surface area contributed by atoms with Gasteiger partial charge in [0.05, 0.1) is 17.5 Å². The average Bonchev–Trinajstić information content (AvgIpc) is 2.54. The lowest BCUT2D eigenvalue weighted by Crippen LogP contribution is -2.51. The third kappa shape index (κ3) is 3.44. The molecular formula is C16H18N4O3. The van der Waals surface area contributed by atoms with E-state index in [1.807, 2.05) is 12.1 Å². The van der Waals surface area contributed by atoms with E-state index in [1.54, 1.807) is 12.1 Å². The minimum Gasteiger partial charge on any atom is -0.481 e. The van der Waals surface area contributed by atoms with Gasteiger partial charge >= 0.3 is 5.97 Å². The number of hydrogen-bond acceptors (Lipinski definition) is 5. The normalized spacial score (nSPS) is 16.9. The van der Waals surface area contributed by atoms with Gasteiger partial charge < -0.3 is 10.4 Å². The Morgan fingerprint density at radius 3 is 2.48 bits per heavy atom. The second kappa shape index (κ2) is 6.28. The Labute approximate surface area is 133 Å². The van der Waals surface area contributed by atoms with Gasteiger partial charge in [0.2, 0.25) is 5.82 Å². The first-order valence-corrected chi connectivity index (χ1v) is 7.72. The van der Waals surface area contributed by atoms with Crippen LogP contribution in [-0.4, -0.2) is 37.7 Å². The minimum atomic E-state index is -0.912. The van der Waals surface area contributed by atoms with Crippen molar-refractivity contribution in [3.63, 3.8) is 0 Å². The van der Waals surface area contributed by atoms with Gasteiger partial charge in [0.25, 0.3) is 5.91 Å². The number of carboxylic acids is 1. The monoisotopic (exact) mass is 314 g/mol. The van der Waals surface area contributed by atoms with Crippen LogP contribution in [0.25, 0.3) is 11.0 Å². The van der Waals surface area contributed by atoms with Crippen LogP contribution < -0.4 is 5.32 Å². The molecule has 0 aliphatic heterocycles. The third-order valence-electron chi connectivity index (χ3n) is 4.24. The second-order valence-corrected chi connectivity index (χ2v) is 5.99. The van der Waals surface area contributed by atoms with Crippen LogP contribution in [0.3, 0.4) is 0 Å². The molecule has 2 aromatic rings. The van der Waals surface area contributed by atoms with Crippen LogP contribution in [0.4, 0.5) is 0 Å². The number of hydrogen-bond donors (Lipinski definition) is 2. The van der Waals surface area contributed by atoms with Crippen LogP contribution in [0, 0.1) is 0 Å². The highest BCUT2D eigenvalue weighted by Crippen LogP contribution is 2.31. The van der Waals surface area contributed by atoms with Crippen LogP contribution in [0.2, 0.25) is 0 Å². The van der Waals surface area contributed by atoms with Crippen molar-refractivity contribution in [3.8, 4) is 0 Å². The number of rotatable bonds is 4. The number of carbonyl (C=O) groups is 2. The number of benzene rings is 1. The number of nitrogens with one attached hydrogen (secondary N) is 1. The van der Waals surface area contributed by atoms with Crippen molar-refractivity contribution in [1.29, 1.82) is 0 Å². The van der Waals surface area contributed by atoms with Gasteiger partial charge in [-0.1, -0.05) is 31.4 Å². The summed E-state index contributed by atoms with van der Waals surface area (Å²) in [6.45, 7) is 0. The highest BCUT2D eigenvalue weighted by atomic mass is 16.4. The van der Waals surface area contributed by atoms with Crippen LogP contribution in [0.1, 0.15) is 49.1 Å². The number of carboxylic acid groups (broad SMARTS) is 1. The van der Waals surface area contributed by atoms with Crippen LogP contribution in [-0.2, 0) is 4.79 Å². The lowest BCUT2D eigenvalue weighted by molar-refractivity contribution is -0.139. The van der Waals surface area contributed by atoms with E-state index >= 15 is 0 Å². The van der Waals surface area contributed by atoms with Crippen LogP contribution in [0.5, 0.6) is 0 Å². The molecule has 1 aromatic heterocycles. The van der Waals surface area contributed by atoms with E-state index in [-0.39, 0.29) is 12.2 Å². The smallest absolute Gasteiger partial charge is 0.305 e. The quantitative estimate of drug-likeness (QED) is 0.893. The largest absolute Gasteiger partial charge is 0.481 e.